The minimum absolute atomic E-state index is 0.258. The molecule has 3 aliphatic rings. The second-order valence-corrected chi connectivity index (χ2v) is 9.03. The van der Waals surface area contributed by atoms with E-state index in [0.29, 0.717) is 5.92 Å². The number of allylic oxidation sites excluding steroid dienone is 2. The topological polar surface area (TPSA) is 91.5 Å². The summed E-state index contributed by atoms with van der Waals surface area (Å²) in [6.45, 7) is 20.7. The number of aromatic nitrogens is 2. The van der Waals surface area contributed by atoms with Gasteiger partial charge in [0, 0.05) is 55.8 Å². The van der Waals surface area contributed by atoms with Crippen molar-refractivity contribution in [1.29, 1.82) is 0 Å². The molecule has 200 valence electrons. The summed E-state index contributed by atoms with van der Waals surface area (Å²) in [6, 6.07) is 0.258. The zero-order chi connectivity index (χ0) is 26.7. The summed E-state index contributed by atoms with van der Waals surface area (Å²) >= 11 is 0. The Labute approximate surface area is 218 Å². The summed E-state index contributed by atoms with van der Waals surface area (Å²) in [7, 11) is 0. The van der Waals surface area contributed by atoms with Gasteiger partial charge in [0.1, 0.15) is 11.7 Å². The molecule has 1 saturated heterocycles. The van der Waals surface area contributed by atoms with Crippen LogP contribution in [0.2, 0.25) is 0 Å². The lowest BCUT2D eigenvalue weighted by molar-refractivity contribution is 0.581. The van der Waals surface area contributed by atoms with Gasteiger partial charge in [0.05, 0.1) is 11.4 Å². The first-order valence-electron chi connectivity index (χ1n) is 14.0. The first-order valence-corrected chi connectivity index (χ1v) is 14.0. The van der Waals surface area contributed by atoms with E-state index in [0.717, 1.165) is 85.5 Å². The molecule has 7 nitrogen and oxygen atoms in total. The van der Waals surface area contributed by atoms with Crippen LogP contribution in [0.1, 0.15) is 86.9 Å². The molecule has 4 N–H and O–H groups in total. The van der Waals surface area contributed by atoms with Gasteiger partial charge in [0.2, 0.25) is 0 Å². The molecule has 36 heavy (non-hydrogen) atoms. The van der Waals surface area contributed by atoms with Gasteiger partial charge in [-0.1, -0.05) is 47.1 Å². The van der Waals surface area contributed by atoms with Crippen molar-refractivity contribution in [1.82, 2.24) is 20.6 Å². The molecule has 1 fully saturated rings. The summed E-state index contributed by atoms with van der Waals surface area (Å²) in [5, 5.41) is 8.74. The van der Waals surface area contributed by atoms with Crippen LogP contribution in [0.4, 0.5) is 5.82 Å². The highest BCUT2D eigenvalue weighted by atomic mass is 15.2. The lowest BCUT2D eigenvalue weighted by Gasteiger charge is -2.30. The smallest absolute Gasteiger partial charge is 0.162 e. The van der Waals surface area contributed by atoms with Crippen molar-refractivity contribution in [2.45, 2.75) is 87.1 Å². The molecule has 0 aromatic carbocycles. The number of nitrogens with two attached hydrogens (primary N) is 1. The summed E-state index contributed by atoms with van der Waals surface area (Å²) in [6.07, 6.45) is 9.68. The van der Waals surface area contributed by atoms with Gasteiger partial charge >= 0.3 is 0 Å². The molecule has 1 atom stereocenters. The number of hydrogen-bond donors (Lipinski definition) is 3. The zero-order valence-electron chi connectivity index (χ0n) is 23.9. The number of amidine groups is 1. The molecule has 4 rings (SSSR count). The molecule has 0 aliphatic carbocycles. The average Bonchev–Trinajstić information content (AvgIpc) is 3.08. The SMILES string of the molecule is CC.CC.CCC(CC)/C(C)=c1\c(N2CCNCC2)nc(C2=C3CC(=NC(C)C3)NC=C2)n\c1=C\N. The van der Waals surface area contributed by atoms with Crippen LogP contribution in [0, 0.1) is 5.92 Å². The zero-order valence-corrected chi connectivity index (χ0v) is 23.9. The van der Waals surface area contributed by atoms with Crippen LogP contribution in [0.3, 0.4) is 0 Å². The number of fused-ring (bicyclic) bond motifs is 2. The molecule has 4 heterocycles. The first-order chi connectivity index (χ1) is 17.5. The third-order valence-corrected chi connectivity index (χ3v) is 6.91. The molecular weight excluding hydrogens is 446 g/mol. The van der Waals surface area contributed by atoms with Gasteiger partial charge in [0.25, 0.3) is 0 Å². The van der Waals surface area contributed by atoms with Gasteiger partial charge < -0.3 is 21.3 Å². The third kappa shape index (κ3) is 6.75. The highest BCUT2D eigenvalue weighted by Crippen LogP contribution is 2.29. The van der Waals surface area contributed by atoms with E-state index in [4.69, 9.17) is 20.7 Å². The number of aliphatic imine (C=N–C) groups is 1. The van der Waals surface area contributed by atoms with Crippen molar-refractivity contribution >= 4 is 29.0 Å². The normalized spacial score (nSPS) is 20.5. The molecule has 0 radical (unpaired) electrons. The van der Waals surface area contributed by atoms with E-state index in [-0.39, 0.29) is 6.04 Å². The van der Waals surface area contributed by atoms with Crippen LogP contribution in [0.25, 0.3) is 17.3 Å². The predicted octanol–water partition coefficient (Wildman–Crippen LogP) is 3.69. The molecule has 0 spiro atoms. The Morgan fingerprint density at radius 1 is 1.14 bits per heavy atom. The van der Waals surface area contributed by atoms with Crippen LogP contribution in [-0.2, 0) is 0 Å². The van der Waals surface area contributed by atoms with Crippen molar-refractivity contribution in [3.05, 3.63) is 34.2 Å². The fourth-order valence-electron chi connectivity index (χ4n) is 5.15. The van der Waals surface area contributed by atoms with E-state index in [1.54, 1.807) is 6.20 Å². The minimum atomic E-state index is 0.258. The van der Waals surface area contributed by atoms with Crippen LogP contribution < -0.4 is 31.8 Å². The Balaban J connectivity index is 0.00000109. The Morgan fingerprint density at radius 3 is 2.42 bits per heavy atom. The molecule has 1 aromatic heterocycles. The number of hydrogen-bond acceptors (Lipinski definition) is 7. The van der Waals surface area contributed by atoms with Crippen LogP contribution in [0.15, 0.2) is 22.8 Å². The second-order valence-electron chi connectivity index (χ2n) is 9.03. The van der Waals surface area contributed by atoms with Gasteiger partial charge in [-0.25, -0.2) is 9.97 Å². The Kier molecular flexibility index (Phi) is 12.1. The van der Waals surface area contributed by atoms with E-state index in [2.05, 4.69) is 49.3 Å². The molecule has 1 aromatic rings. The van der Waals surface area contributed by atoms with Crippen molar-refractivity contribution in [2.75, 3.05) is 31.1 Å². The average molecular weight is 496 g/mol. The summed E-state index contributed by atoms with van der Waals surface area (Å²) in [4.78, 5) is 17.4. The fraction of sp³-hybridized carbons (Fsp3) is 0.621. The number of nitrogens with one attached hydrogen (secondary N) is 2. The lowest BCUT2D eigenvalue weighted by atomic mass is 9.93. The molecule has 7 heteroatoms. The molecule has 2 bridgehead atoms. The Bertz CT molecular complexity index is 1060. The number of piperazine rings is 1. The first kappa shape index (κ1) is 29.6. The van der Waals surface area contributed by atoms with E-state index in [1.165, 1.54) is 11.1 Å². The van der Waals surface area contributed by atoms with Crippen molar-refractivity contribution in [3.63, 3.8) is 0 Å². The summed E-state index contributed by atoms with van der Waals surface area (Å²) < 4.78 is 0. The Morgan fingerprint density at radius 2 is 1.81 bits per heavy atom. The maximum absolute atomic E-state index is 6.20. The second kappa shape index (κ2) is 14.8. The highest BCUT2D eigenvalue weighted by Gasteiger charge is 2.24. The minimum Gasteiger partial charge on any atom is -0.403 e. The summed E-state index contributed by atoms with van der Waals surface area (Å²) in [5.41, 5.74) is 9.97. The molecular formula is C29H49N7. The number of anilines is 1. The lowest BCUT2D eigenvalue weighted by Crippen LogP contribution is -2.49. The molecule has 3 aliphatic heterocycles. The van der Waals surface area contributed by atoms with Crippen molar-refractivity contribution in [3.8, 4) is 0 Å². The molecule has 0 saturated carbocycles. The molecule has 1 unspecified atom stereocenters. The number of nitrogens with zero attached hydrogens (tertiary/aromatic N) is 4. The standard InChI is InChI=1S/C25H37N7.2C2H6/c1-5-18(6-2)17(4)23-21(15-26)30-24(31-25(23)32-11-9-27-10-12-32)20-7-8-28-22-14-19(20)13-16(3)29-22;2*1-2/h7-8,15-16,18,27H,5-6,9-14,26H2,1-4H3,(H,28,29);2*1-2H3/b21-15+,23-17-;;. The van der Waals surface area contributed by atoms with E-state index >= 15 is 0 Å². The van der Waals surface area contributed by atoms with Crippen LogP contribution in [-0.4, -0.2) is 48.0 Å². The van der Waals surface area contributed by atoms with E-state index in [1.807, 2.05) is 33.9 Å². The van der Waals surface area contributed by atoms with Crippen LogP contribution in [0.5, 0.6) is 0 Å². The van der Waals surface area contributed by atoms with E-state index in [9.17, 15) is 0 Å². The van der Waals surface area contributed by atoms with Crippen molar-refractivity contribution in [2.24, 2.45) is 16.6 Å². The fourth-order valence-corrected chi connectivity index (χ4v) is 5.15. The third-order valence-electron chi connectivity index (χ3n) is 6.91. The summed E-state index contributed by atoms with van der Waals surface area (Å²) in [5.74, 6) is 3.30. The van der Waals surface area contributed by atoms with E-state index < -0.39 is 0 Å². The monoisotopic (exact) mass is 495 g/mol. The highest BCUT2D eigenvalue weighted by molar-refractivity contribution is 5.91. The quantitative estimate of drug-likeness (QED) is 0.577. The predicted molar refractivity (Wildman–Crippen MR) is 156 cm³/mol. The van der Waals surface area contributed by atoms with Gasteiger partial charge in [0.15, 0.2) is 5.82 Å². The Hall–Kier alpha value is -2.67. The maximum atomic E-state index is 6.20. The number of rotatable bonds is 5. The van der Waals surface area contributed by atoms with Crippen molar-refractivity contribution < 1.29 is 0 Å². The van der Waals surface area contributed by atoms with Gasteiger partial charge in [-0.15, -0.1) is 0 Å². The van der Waals surface area contributed by atoms with Gasteiger partial charge in [-0.3, -0.25) is 4.99 Å². The van der Waals surface area contributed by atoms with Gasteiger partial charge in [-0.05, 0) is 50.7 Å². The van der Waals surface area contributed by atoms with Gasteiger partial charge in [-0.2, -0.15) is 0 Å². The van der Waals surface area contributed by atoms with Crippen LogP contribution >= 0.6 is 0 Å². The largest absolute Gasteiger partial charge is 0.403 e. The maximum Gasteiger partial charge on any atom is 0.162 e. The molecule has 0 amide bonds.